The van der Waals surface area contributed by atoms with E-state index in [1.54, 1.807) is 24.3 Å². The standard InChI is InChI=1S/C14H19NO3/c1-10(2)9-12(14(17)18-3)15-13(16)11-7-5-4-6-8-11/h4-8,10,12H,9H2,1-3H3,(H,15,16). The maximum absolute atomic E-state index is 11.9. The van der Waals surface area contributed by atoms with E-state index in [0.717, 1.165) is 0 Å². The van der Waals surface area contributed by atoms with Crippen LogP contribution in [-0.4, -0.2) is 25.0 Å². The van der Waals surface area contributed by atoms with Gasteiger partial charge in [-0.1, -0.05) is 32.0 Å². The molecule has 0 spiro atoms. The van der Waals surface area contributed by atoms with Gasteiger partial charge in [0.2, 0.25) is 0 Å². The Hall–Kier alpha value is -1.84. The second kappa shape index (κ2) is 6.79. The molecule has 0 saturated carbocycles. The molecule has 1 unspecified atom stereocenters. The van der Waals surface area contributed by atoms with Crippen molar-refractivity contribution in [1.82, 2.24) is 5.32 Å². The monoisotopic (exact) mass is 249 g/mol. The Kier molecular flexibility index (Phi) is 5.36. The smallest absolute Gasteiger partial charge is 0.328 e. The quantitative estimate of drug-likeness (QED) is 0.812. The van der Waals surface area contributed by atoms with E-state index in [9.17, 15) is 9.59 Å². The van der Waals surface area contributed by atoms with Crippen molar-refractivity contribution in [3.05, 3.63) is 35.9 Å². The average molecular weight is 249 g/mol. The number of ether oxygens (including phenoxy) is 1. The molecule has 1 aromatic rings. The number of carbonyl (C=O) groups is 2. The molecule has 1 N–H and O–H groups in total. The molecule has 18 heavy (non-hydrogen) atoms. The van der Waals surface area contributed by atoms with Gasteiger partial charge in [0.25, 0.3) is 5.91 Å². The molecule has 0 heterocycles. The third kappa shape index (κ3) is 4.20. The molecule has 0 fully saturated rings. The predicted molar refractivity (Wildman–Crippen MR) is 69.2 cm³/mol. The highest BCUT2D eigenvalue weighted by Crippen LogP contribution is 2.08. The summed E-state index contributed by atoms with van der Waals surface area (Å²) in [7, 11) is 1.32. The summed E-state index contributed by atoms with van der Waals surface area (Å²) in [5.74, 6) is -0.371. The summed E-state index contributed by atoms with van der Waals surface area (Å²) in [6, 6.07) is 8.22. The number of amides is 1. The van der Waals surface area contributed by atoms with Crippen molar-refractivity contribution >= 4 is 11.9 Å². The Morgan fingerprint density at radius 3 is 2.33 bits per heavy atom. The Labute approximate surface area is 107 Å². The summed E-state index contributed by atoms with van der Waals surface area (Å²) in [6.45, 7) is 3.98. The highest BCUT2D eigenvalue weighted by atomic mass is 16.5. The van der Waals surface area contributed by atoms with Gasteiger partial charge in [-0.25, -0.2) is 4.79 Å². The summed E-state index contributed by atoms with van der Waals surface area (Å²) >= 11 is 0. The van der Waals surface area contributed by atoms with Crippen LogP contribution in [0, 0.1) is 5.92 Å². The number of carbonyl (C=O) groups excluding carboxylic acids is 2. The SMILES string of the molecule is COC(=O)C(CC(C)C)NC(=O)c1ccccc1. The average Bonchev–Trinajstić information content (AvgIpc) is 2.37. The van der Waals surface area contributed by atoms with Gasteiger partial charge in [0.05, 0.1) is 7.11 Å². The maximum atomic E-state index is 11.9. The first-order chi connectivity index (χ1) is 8.54. The first-order valence-electron chi connectivity index (χ1n) is 5.98. The largest absolute Gasteiger partial charge is 0.467 e. The van der Waals surface area contributed by atoms with E-state index in [4.69, 9.17) is 4.74 Å². The topological polar surface area (TPSA) is 55.4 Å². The highest BCUT2D eigenvalue weighted by Gasteiger charge is 2.22. The van der Waals surface area contributed by atoms with Crippen LogP contribution >= 0.6 is 0 Å². The molecule has 4 nitrogen and oxygen atoms in total. The molecular formula is C14H19NO3. The van der Waals surface area contributed by atoms with Gasteiger partial charge in [-0.3, -0.25) is 4.79 Å². The molecule has 1 aromatic carbocycles. The molecular weight excluding hydrogens is 230 g/mol. The Balaban J connectivity index is 2.71. The summed E-state index contributed by atoms with van der Waals surface area (Å²) in [4.78, 5) is 23.5. The van der Waals surface area contributed by atoms with Crippen LogP contribution < -0.4 is 5.32 Å². The maximum Gasteiger partial charge on any atom is 0.328 e. The number of benzene rings is 1. The number of hydrogen-bond acceptors (Lipinski definition) is 3. The van der Waals surface area contributed by atoms with Crippen LogP contribution in [-0.2, 0) is 9.53 Å². The normalized spacial score (nSPS) is 12.0. The van der Waals surface area contributed by atoms with E-state index < -0.39 is 12.0 Å². The van der Waals surface area contributed by atoms with Crippen molar-refractivity contribution in [2.45, 2.75) is 26.3 Å². The zero-order chi connectivity index (χ0) is 13.5. The number of esters is 1. The van der Waals surface area contributed by atoms with E-state index in [0.29, 0.717) is 17.9 Å². The van der Waals surface area contributed by atoms with Gasteiger partial charge < -0.3 is 10.1 Å². The van der Waals surface area contributed by atoms with Crippen molar-refractivity contribution in [1.29, 1.82) is 0 Å². The molecule has 0 aliphatic carbocycles. The highest BCUT2D eigenvalue weighted by molar-refractivity contribution is 5.96. The molecule has 0 aromatic heterocycles. The van der Waals surface area contributed by atoms with Crippen LogP contribution in [0.25, 0.3) is 0 Å². The second-order valence-electron chi connectivity index (χ2n) is 4.54. The molecule has 4 heteroatoms. The lowest BCUT2D eigenvalue weighted by atomic mass is 10.0. The van der Waals surface area contributed by atoms with Crippen molar-refractivity contribution in [2.24, 2.45) is 5.92 Å². The molecule has 1 amide bonds. The number of rotatable bonds is 5. The van der Waals surface area contributed by atoms with Crippen LogP contribution in [0.1, 0.15) is 30.6 Å². The second-order valence-corrected chi connectivity index (χ2v) is 4.54. The summed E-state index contributed by atoms with van der Waals surface area (Å²) < 4.78 is 4.70. The van der Waals surface area contributed by atoms with Crippen LogP contribution in [0.5, 0.6) is 0 Å². The minimum absolute atomic E-state index is 0.258. The van der Waals surface area contributed by atoms with E-state index in [1.165, 1.54) is 7.11 Å². The molecule has 0 aliphatic rings. The third-order valence-corrected chi connectivity index (χ3v) is 2.53. The Morgan fingerprint density at radius 2 is 1.83 bits per heavy atom. The lowest BCUT2D eigenvalue weighted by Gasteiger charge is -2.18. The molecule has 0 saturated heterocycles. The summed E-state index contributed by atoms with van der Waals surface area (Å²) in [5, 5.41) is 2.70. The van der Waals surface area contributed by atoms with Gasteiger partial charge in [0.1, 0.15) is 6.04 Å². The van der Waals surface area contributed by atoms with E-state index in [1.807, 2.05) is 19.9 Å². The number of nitrogens with one attached hydrogen (secondary N) is 1. The predicted octanol–water partition coefficient (Wildman–Crippen LogP) is 2.00. The lowest BCUT2D eigenvalue weighted by molar-refractivity contribution is -0.143. The minimum Gasteiger partial charge on any atom is -0.467 e. The first-order valence-corrected chi connectivity index (χ1v) is 5.98. The molecule has 0 aliphatic heterocycles. The van der Waals surface area contributed by atoms with Gasteiger partial charge in [0, 0.05) is 5.56 Å². The molecule has 0 radical (unpaired) electrons. The van der Waals surface area contributed by atoms with Gasteiger partial charge >= 0.3 is 5.97 Å². The molecule has 1 atom stereocenters. The minimum atomic E-state index is -0.595. The Bertz CT molecular complexity index is 401. The summed E-state index contributed by atoms with van der Waals surface area (Å²) in [5.41, 5.74) is 0.537. The van der Waals surface area contributed by atoms with Gasteiger partial charge in [0.15, 0.2) is 0 Å². The van der Waals surface area contributed by atoms with Gasteiger partial charge in [-0.2, -0.15) is 0 Å². The van der Waals surface area contributed by atoms with E-state index in [2.05, 4.69) is 5.32 Å². The van der Waals surface area contributed by atoms with Crippen molar-refractivity contribution in [3.8, 4) is 0 Å². The zero-order valence-electron chi connectivity index (χ0n) is 11.0. The summed E-state index contributed by atoms with van der Waals surface area (Å²) in [6.07, 6.45) is 0.561. The van der Waals surface area contributed by atoms with Gasteiger partial charge in [-0.05, 0) is 24.5 Å². The van der Waals surface area contributed by atoms with Crippen molar-refractivity contribution in [3.63, 3.8) is 0 Å². The van der Waals surface area contributed by atoms with Crippen molar-refractivity contribution in [2.75, 3.05) is 7.11 Å². The van der Waals surface area contributed by atoms with E-state index >= 15 is 0 Å². The lowest BCUT2D eigenvalue weighted by Crippen LogP contribution is -2.42. The van der Waals surface area contributed by atoms with Crippen LogP contribution in [0.4, 0.5) is 0 Å². The number of hydrogen-bond donors (Lipinski definition) is 1. The molecule has 0 bridgehead atoms. The fraction of sp³-hybridized carbons (Fsp3) is 0.429. The van der Waals surface area contributed by atoms with Crippen LogP contribution in [0.2, 0.25) is 0 Å². The fourth-order valence-electron chi connectivity index (χ4n) is 1.66. The molecule has 1 rings (SSSR count). The molecule has 98 valence electrons. The third-order valence-electron chi connectivity index (χ3n) is 2.53. The van der Waals surface area contributed by atoms with Crippen LogP contribution in [0.15, 0.2) is 30.3 Å². The number of methoxy groups -OCH3 is 1. The zero-order valence-corrected chi connectivity index (χ0v) is 11.0. The fourth-order valence-corrected chi connectivity index (χ4v) is 1.66. The van der Waals surface area contributed by atoms with Gasteiger partial charge in [-0.15, -0.1) is 0 Å². The Morgan fingerprint density at radius 1 is 1.22 bits per heavy atom. The van der Waals surface area contributed by atoms with E-state index in [-0.39, 0.29) is 5.91 Å². The van der Waals surface area contributed by atoms with Crippen molar-refractivity contribution < 1.29 is 14.3 Å². The van der Waals surface area contributed by atoms with Crippen LogP contribution in [0.3, 0.4) is 0 Å². The first kappa shape index (κ1) is 14.2.